The summed E-state index contributed by atoms with van der Waals surface area (Å²) in [6, 6.07) is 15.8. The number of carbonyl (C=O) groups is 1. The van der Waals surface area contributed by atoms with Gasteiger partial charge in [0.15, 0.2) is 5.69 Å². The van der Waals surface area contributed by atoms with Crippen molar-refractivity contribution in [3.8, 4) is 22.7 Å². The predicted octanol–water partition coefficient (Wildman–Crippen LogP) is 4.21. The molecular formula is C22H22N2O3. The highest BCUT2D eigenvalue weighted by Gasteiger charge is 2.28. The number of carbonyl (C=O) groups excluding carboxylic acids is 1. The van der Waals surface area contributed by atoms with Crippen LogP contribution in [0.5, 0.6) is 5.75 Å². The molecule has 1 aliphatic carbocycles. The fourth-order valence-corrected chi connectivity index (χ4v) is 3.65. The van der Waals surface area contributed by atoms with Crippen LogP contribution in [-0.2, 0) is 17.6 Å². The first-order chi connectivity index (χ1) is 13.2. The minimum absolute atomic E-state index is 0.331. The van der Waals surface area contributed by atoms with Crippen LogP contribution in [0.1, 0.15) is 35.0 Å². The quantitative estimate of drug-likeness (QED) is 0.652. The van der Waals surface area contributed by atoms with Gasteiger partial charge in [-0.05, 0) is 56.0 Å². The minimum Gasteiger partial charge on any atom is -0.497 e. The number of nitrogens with zero attached hydrogens (tertiary/aromatic N) is 2. The van der Waals surface area contributed by atoms with Crippen molar-refractivity contribution >= 4 is 5.97 Å². The smallest absolute Gasteiger partial charge is 0.357 e. The monoisotopic (exact) mass is 362 g/mol. The van der Waals surface area contributed by atoms with Crippen LogP contribution >= 0.6 is 0 Å². The molecule has 4 rings (SSSR count). The Hall–Kier alpha value is -3.08. The van der Waals surface area contributed by atoms with Crippen molar-refractivity contribution in [2.24, 2.45) is 0 Å². The maximum absolute atomic E-state index is 12.8. The molecule has 0 unspecified atom stereocenters. The molecule has 0 saturated carbocycles. The van der Waals surface area contributed by atoms with Crippen molar-refractivity contribution in [3.05, 3.63) is 65.4 Å². The number of benzene rings is 2. The first kappa shape index (κ1) is 17.3. The van der Waals surface area contributed by atoms with Crippen LogP contribution < -0.4 is 4.74 Å². The molecule has 0 atom stereocenters. The summed E-state index contributed by atoms with van der Waals surface area (Å²) in [6.07, 6.45) is 2.76. The summed E-state index contributed by atoms with van der Waals surface area (Å²) < 4.78 is 12.3. The third kappa shape index (κ3) is 3.10. The lowest BCUT2D eigenvalue weighted by Crippen LogP contribution is -2.14. The molecule has 0 N–H and O–H groups in total. The SMILES string of the molecule is CCOC(=O)c1c2c(nn1-c1ccc(OC)cc1)-c1ccccc1CCC2. The van der Waals surface area contributed by atoms with Crippen LogP contribution in [0.25, 0.3) is 16.9 Å². The number of fused-ring (bicyclic) bond motifs is 3. The maximum Gasteiger partial charge on any atom is 0.357 e. The first-order valence-electron chi connectivity index (χ1n) is 9.24. The van der Waals surface area contributed by atoms with Crippen LogP contribution in [0.3, 0.4) is 0 Å². The van der Waals surface area contributed by atoms with E-state index in [0.717, 1.165) is 47.5 Å². The molecule has 138 valence electrons. The lowest BCUT2D eigenvalue weighted by molar-refractivity contribution is 0.0514. The van der Waals surface area contributed by atoms with Gasteiger partial charge in [0.2, 0.25) is 0 Å². The number of methoxy groups -OCH3 is 1. The number of hydrogen-bond donors (Lipinski definition) is 0. The lowest BCUT2D eigenvalue weighted by atomic mass is 10.0. The third-order valence-electron chi connectivity index (χ3n) is 4.91. The summed E-state index contributed by atoms with van der Waals surface area (Å²) in [4.78, 5) is 12.8. The van der Waals surface area contributed by atoms with Crippen LogP contribution in [0, 0.1) is 0 Å². The number of esters is 1. The fraction of sp³-hybridized carbons (Fsp3) is 0.273. The number of aromatic nitrogens is 2. The summed E-state index contributed by atoms with van der Waals surface area (Å²) in [6.45, 7) is 2.15. The molecule has 5 nitrogen and oxygen atoms in total. The Morgan fingerprint density at radius 2 is 1.89 bits per heavy atom. The number of aryl methyl sites for hydroxylation is 1. The molecule has 0 saturated heterocycles. The zero-order valence-corrected chi connectivity index (χ0v) is 15.6. The van der Waals surface area contributed by atoms with Crippen LogP contribution in [0.15, 0.2) is 48.5 Å². The Morgan fingerprint density at radius 1 is 1.11 bits per heavy atom. The van der Waals surface area contributed by atoms with Gasteiger partial charge in [-0.1, -0.05) is 24.3 Å². The minimum atomic E-state index is -0.332. The fourth-order valence-electron chi connectivity index (χ4n) is 3.65. The van der Waals surface area contributed by atoms with Gasteiger partial charge in [-0.15, -0.1) is 0 Å². The molecule has 2 aromatic carbocycles. The van der Waals surface area contributed by atoms with Crippen LogP contribution in [-0.4, -0.2) is 29.5 Å². The average Bonchev–Trinajstić information content (AvgIpc) is 2.98. The van der Waals surface area contributed by atoms with E-state index in [2.05, 4.69) is 18.2 Å². The van der Waals surface area contributed by atoms with Crippen molar-refractivity contribution < 1.29 is 14.3 Å². The molecule has 0 bridgehead atoms. The van der Waals surface area contributed by atoms with E-state index >= 15 is 0 Å². The Balaban J connectivity index is 1.93. The summed E-state index contributed by atoms with van der Waals surface area (Å²) in [7, 11) is 1.63. The highest BCUT2D eigenvalue weighted by atomic mass is 16.5. The van der Waals surface area contributed by atoms with E-state index in [4.69, 9.17) is 14.6 Å². The molecule has 5 heteroatoms. The van der Waals surface area contributed by atoms with Gasteiger partial charge in [0.25, 0.3) is 0 Å². The largest absolute Gasteiger partial charge is 0.497 e. The Kier molecular flexibility index (Phi) is 4.67. The first-order valence-corrected chi connectivity index (χ1v) is 9.24. The van der Waals surface area contributed by atoms with Crippen LogP contribution in [0.4, 0.5) is 0 Å². The number of rotatable bonds is 4. The Bertz CT molecular complexity index is 974. The van der Waals surface area contributed by atoms with E-state index in [1.54, 1.807) is 11.8 Å². The second-order valence-corrected chi connectivity index (χ2v) is 6.52. The van der Waals surface area contributed by atoms with Gasteiger partial charge < -0.3 is 9.47 Å². The highest BCUT2D eigenvalue weighted by molar-refractivity contribution is 5.92. The van der Waals surface area contributed by atoms with E-state index in [1.165, 1.54) is 5.56 Å². The van der Waals surface area contributed by atoms with Crippen molar-refractivity contribution in [3.63, 3.8) is 0 Å². The summed E-state index contributed by atoms with van der Waals surface area (Å²) in [5.74, 6) is 0.428. The molecule has 3 aromatic rings. The van der Waals surface area contributed by atoms with E-state index in [0.29, 0.717) is 12.3 Å². The molecule has 0 aliphatic heterocycles. The standard InChI is InChI=1S/C22H22N2O3/c1-3-27-22(25)21-19-10-6-8-15-7-4-5-9-18(15)20(19)23-24(21)16-11-13-17(26-2)14-12-16/h4-5,7,9,11-14H,3,6,8,10H2,1-2H3. The van der Waals surface area contributed by atoms with Gasteiger partial charge >= 0.3 is 5.97 Å². The van der Waals surface area contributed by atoms with E-state index in [-0.39, 0.29) is 5.97 Å². The highest BCUT2D eigenvalue weighted by Crippen LogP contribution is 2.35. The van der Waals surface area contributed by atoms with E-state index in [1.807, 2.05) is 37.3 Å². The average molecular weight is 362 g/mol. The van der Waals surface area contributed by atoms with Crippen molar-refractivity contribution in [1.29, 1.82) is 0 Å². The summed E-state index contributed by atoms with van der Waals surface area (Å²) >= 11 is 0. The maximum atomic E-state index is 12.8. The molecule has 0 fully saturated rings. The van der Waals surface area contributed by atoms with Gasteiger partial charge in [0.1, 0.15) is 5.75 Å². The molecular weight excluding hydrogens is 340 g/mol. The van der Waals surface area contributed by atoms with Crippen molar-refractivity contribution in [2.75, 3.05) is 13.7 Å². The normalized spacial score (nSPS) is 12.7. The zero-order chi connectivity index (χ0) is 18.8. The van der Waals surface area contributed by atoms with Crippen LogP contribution in [0.2, 0.25) is 0 Å². The lowest BCUT2D eigenvalue weighted by Gasteiger charge is -2.09. The molecule has 0 spiro atoms. The van der Waals surface area contributed by atoms with Gasteiger partial charge in [0, 0.05) is 11.1 Å². The van der Waals surface area contributed by atoms with Gasteiger partial charge in [0.05, 0.1) is 25.1 Å². The van der Waals surface area contributed by atoms with E-state index in [9.17, 15) is 4.79 Å². The third-order valence-corrected chi connectivity index (χ3v) is 4.91. The molecule has 0 amide bonds. The zero-order valence-electron chi connectivity index (χ0n) is 15.6. The Labute approximate surface area is 158 Å². The number of ether oxygens (including phenoxy) is 2. The topological polar surface area (TPSA) is 53.3 Å². The molecule has 1 aliphatic rings. The molecule has 1 heterocycles. The second-order valence-electron chi connectivity index (χ2n) is 6.52. The number of hydrogen-bond acceptors (Lipinski definition) is 4. The summed E-state index contributed by atoms with van der Waals surface area (Å²) in [5, 5.41) is 4.86. The molecule has 0 radical (unpaired) electrons. The van der Waals surface area contributed by atoms with Gasteiger partial charge in [-0.2, -0.15) is 5.10 Å². The second kappa shape index (κ2) is 7.27. The Morgan fingerprint density at radius 3 is 2.63 bits per heavy atom. The van der Waals surface area contributed by atoms with E-state index < -0.39 is 0 Å². The summed E-state index contributed by atoms with van der Waals surface area (Å²) in [5.41, 5.74) is 5.54. The van der Waals surface area contributed by atoms with Crippen molar-refractivity contribution in [1.82, 2.24) is 9.78 Å². The van der Waals surface area contributed by atoms with Gasteiger partial charge in [-0.25, -0.2) is 9.48 Å². The predicted molar refractivity (Wildman–Crippen MR) is 104 cm³/mol. The molecule has 27 heavy (non-hydrogen) atoms. The van der Waals surface area contributed by atoms with Gasteiger partial charge in [-0.3, -0.25) is 0 Å². The molecule has 1 aromatic heterocycles. The van der Waals surface area contributed by atoms with Crippen molar-refractivity contribution in [2.45, 2.75) is 26.2 Å².